The maximum absolute atomic E-state index is 13.1. The minimum absolute atomic E-state index is 0.0537. The van der Waals surface area contributed by atoms with E-state index in [0.29, 0.717) is 26.5 Å². The quantitative estimate of drug-likeness (QED) is 0.467. The van der Waals surface area contributed by atoms with E-state index in [0.717, 1.165) is 31.7 Å². The fourth-order valence-electron chi connectivity index (χ4n) is 4.09. The van der Waals surface area contributed by atoms with E-state index in [1.165, 1.54) is 6.33 Å². The second-order valence-corrected chi connectivity index (χ2v) is 9.63. The van der Waals surface area contributed by atoms with Crippen molar-refractivity contribution in [2.75, 3.05) is 18.0 Å². The summed E-state index contributed by atoms with van der Waals surface area (Å²) in [5.74, 6) is 0.670. The van der Waals surface area contributed by atoms with Gasteiger partial charge in [-0.1, -0.05) is 48.0 Å². The predicted octanol–water partition coefficient (Wildman–Crippen LogP) is 4.05. The molecule has 4 aromatic rings. The molecular weight excluding hydrogens is 458 g/mol. The third kappa shape index (κ3) is 4.36. The number of hydrogen-bond acceptors (Lipinski definition) is 5. The lowest BCUT2D eigenvalue weighted by Crippen LogP contribution is -2.45. The monoisotopic (exact) mass is 479 g/mol. The number of rotatable bonds is 5. The van der Waals surface area contributed by atoms with Crippen LogP contribution in [0.2, 0.25) is 5.02 Å². The van der Waals surface area contributed by atoms with E-state index in [2.05, 4.69) is 20.2 Å². The Morgan fingerprint density at radius 3 is 2.36 bits per heavy atom. The average Bonchev–Trinajstić information content (AvgIpc) is 3.22. The van der Waals surface area contributed by atoms with Crippen LogP contribution in [0, 0.1) is 0 Å². The fourth-order valence-corrected chi connectivity index (χ4v) is 5.53. The Hall–Kier alpha value is -3.23. The lowest BCUT2D eigenvalue weighted by molar-refractivity contribution is 0.0931. The number of aromatic nitrogens is 3. The van der Waals surface area contributed by atoms with Gasteiger partial charge in [0, 0.05) is 30.9 Å². The summed E-state index contributed by atoms with van der Waals surface area (Å²) in [6.07, 6.45) is 4.72. The second-order valence-electron chi connectivity index (χ2n) is 7.86. The van der Waals surface area contributed by atoms with Crippen LogP contribution in [-0.4, -0.2) is 43.2 Å². The van der Waals surface area contributed by atoms with E-state index >= 15 is 0 Å². The molecule has 33 heavy (non-hydrogen) atoms. The van der Waals surface area contributed by atoms with Crippen molar-refractivity contribution in [2.45, 2.75) is 23.8 Å². The van der Waals surface area contributed by atoms with E-state index in [1.54, 1.807) is 10.2 Å². The molecule has 9 heteroatoms. The predicted molar refractivity (Wildman–Crippen MR) is 130 cm³/mol. The Kier molecular flexibility index (Phi) is 6.11. The number of benzene rings is 2. The highest BCUT2D eigenvalue weighted by Gasteiger charge is 2.26. The number of fused-ring (bicyclic) bond motifs is 1. The molecule has 0 radical (unpaired) electrons. The molecule has 0 spiro atoms. The molecule has 1 aliphatic rings. The van der Waals surface area contributed by atoms with Crippen LogP contribution in [0.25, 0.3) is 11.0 Å². The molecule has 1 unspecified atom stereocenters. The van der Waals surface area contributed by atoms with Crippen LogP contribution in [0.15, 0.2) is 78.1 Å². The Balaban J connectivity index is 1.34. The molecule has 2 aromatic carbocycles. The lowest BCUT2D eigenvalue weighted by Gasteiger charge is -2.33. The smallest absolute Gasteiger partial charge is 0.251 e. The highest BCUT2D eigenvalue weighted by molar-refractivity contribution is 7.83. The summed E-state index contributed by atoms with van der Waals surface area (Å²) >= 11 is 6.58. The van der Waals surface area contributed by atoms with Gasteiger partial charge in [-0.05, 0) is 37.1 Å². The third-order valence-electron chi connectivity index (χ3n) is 5.77. The molecule has 1 saturated heterocycles. The second kappa shape index (κ2) is 9.33. The Morgan fingerprint density at radius 1 is 1.00 bits per heavy atom. The maximum Gasteiger partial charge on any atom is 0.251 e. The molecule has 3 heterocycles. The Morgan fingerprint density at radius 2 is 1.67 bits per heavy atom. The average molecular weight is 480 g/mol. The van der Waals surface area contributed by atoms with Crippen LogP contribution in [0.5, 0.6) is 0 Å². The van der Waals surface area contributed by atoms with Crippen LogP contribution in [0.1, 0.15) is 23.2 Å². The highest BCUT2D eigenvalue weighted by atomic mass is 35.5. The molecule has 5 rings (SSSR count). The number of halogens is 1. The van der Waals surface area contributed by atoms with Crippen molar-refractivity contribution >= 4 is 45.3 Å². The number of carbonyl (C=O) groups is 1. The van der Waals surface area contributed by atoms with E-state index in [1.807, 2.05) is 60.7 Å². The van der Waals surface area contributed by atoms with Crippen LogP contribution >= 0.6 is 11.6 Å². The number of hydrogen-bond donors (Lipinski definition) is 1. The normalized spacial score (nSPS) is 15.5. The standard InChI is InChI=1S/C24H22ClN5O2S/c25-20-15-30(33(32)19-9-5-2-6-10-19)23-21(20)22(26-16-27-23)29-13-11-18(12-14-29)28-24(31)17-7-3-1-4-8-17/h1-10,15-16,18H,11-14H2,(H,28,31). The number of anilines is 1. The van der Waals surface area contributed by atoms with Gasteiger partial charge in [-0.25, -0.2) is 18.1 Å². The SMILES string of the molecule is O=C(NC1CCN(c2ncnc3c2c(Cl)cn3S(=O)c2ccccc2)CC1)c1ccccc1. The van der Waals surface area contributed by atoms with Gasteiger partial charge < -0.3 is 10.2 Å². The molecule has 7 nitrogen and oxygen atoms in total. The number of nitrogens with zero attached hydrogens (tertiary/aromatic N) is 4. The van der Waals surface area contributed by atoms with Gasteiger partial charge in [-0.15, -0.1) is 0 Å². The van der Waals surface area contributed by atoms with E-state index in [-0.39, 0.29) is 11.9 Å². The van der Waals surface area contributed by atoms with Crippen molar-refractivity contribution in [3.63, 3.8) is 0 Å². The van der Waals surface area contributed by atoms with Gasteiger partial charge in [-0.2, -0.15) is 0 Å². The van der Waals surface area contributed by atoms with Crippen LogP contribution < -0.4 is 10.2 Å². The van der Waals surface area contributed by atoms with Gasteiger partial charge in [0.05, 0.1) is 15.3 Å². The van der Waals surface area contributed by atoms with Gasteiger partial charge in [0.15, 0.2) is 16.6 Å². The molecule has 1 aliphatic heterocycles. The van der Waals surface area contributed by atoms with Crippen molar-refractivity contribution < 1.29 is 9.00 Å². The third-order valence-corrected chi connectivity index (χ3v) is 7.37. The van der Waals surface area contributed by atoms with Crippen LogP contribution in [0.3, 0.4) is 0 Å². The van der Waals surface area contributed by atoms with Gasteiger partial charge in [0.1, 0.15) is 12.1 Å². The molecular formula is C24H22ClN5O2S. The number of carbonyl (C=O) groups excluding carboxylic acids is 1. The van der Waals surface area contributed by atoms with Crippen molar-refractivity contribution in [1.82, 2.24) is 19.3 Å². The number of nitrogens with one attached hydrogen (secondary N) is 1. The van der Waals surface area contributed by atoms with Gasteiger partial charge in [0.25, 0.3) is 5.91 Å². The first kappa shape index (κ1) is 21.6. The maximum atomic E-state index is 13.1. The molecule has 0 aliphatic carbocycles. The minimum Gasteiger partial charge on any atom is -0.356 e. The molecule has 0 bridgehead atoms. The minimum atomic E-state index is -1.47. The van der Waals surface area contributed by atoms with E-state index in [9.17, 15) is 9.00 Å². The zero-order valence-electron chi connectivity index (χ0n) is 17.7. The Labute approximate surface area is 199 Å². The summed E-state index contributed by atoms with van der Waals surface area (Å²) in [5, 5.41) is 4.28. The van der Waals surface area contributed by atoms with Gasteiger partial charge in [-0.3, -0.25) is 4.79 Å². The van der Waals surface area contributed by atoms with Crippen LogP contribution in [-0.2, 0) is 11.0 Å². The molecule has 0 saturated carbocycles. The largest absolute Gasteiger partial charge is 0.356 e. The van der Waals surface area contributed by atoms with Crippen LogP contribution in [0.4, 0.5) is 5.82 Å². The first-order chi connectivity index (χ1) is 16.1. The topological polar surface area (TPSA) is 80.1 Å². The fraction of sp³-hybridized carbons (Fsp3) is 0.208. The van der Waals surface area contributed by atoms with Gasteiger partial charge in [0.2, 0.25) is 0 Å². The summed E-state index contributed by atoms with van der Waals surface area (Å²) in [6, 6.07) is 18.5. The lowest BCUT2D eigenvalue weighted by atomic mass is 10.0. The summed E-state index contributed by atoms with van der Waals surface area (Å²) in [5.41, 5.74) is 1.20. The van der Waals surface area contributed by atoms with Gasteiger partial charge >= 0.3 is 0 Å². The van der Waals surface area contributed by atoms with E-state index < -0.39 is 11.0 Å². The molecule has 1 amide bonds. The number of piperidine rings is 1. The molecule has 2 aromatic heterocycles. The molecule has 1 N–H and O–H groups in total. The Bertz CT molecular complexity index is 1300. The summed E-state index contributed by atoms with van der Waals surface area (Å²) in [4.78, 5) is 24.2. The van der Waals surface area contributed by atoms with Crippen molar-refractivity contribution in [3.8, 4) is 0 Å². The summed E-state index contributed by atoms with van der Waals surface area (Å²) in [6.45, 7) is 1.43. The summed E-state index contributed by atoms with van der Waals surface area (Å²) < 4.78 is 14.7. The molecule has 168 valence electrons. The highest BCUT2D eigenvalue weighted by Crippen LogP contribution is 2.34. The van der Waals surface area contributed by atoms with Crippen molar-refractivity contribution in [2.24, 2.45) is 0 Å². The number of amides is 1. The van der Waals surface area contributed by atoms with Crippen molar-refractivity contribution in [1.29, 1.82) is 0 Å². The first-order valence-electron chi connectivity index (χ1n) is 10.7. The zero-order valence-corrected chi connectivity index (χ0v) is 19.3. The first-order valence-corrected chi connectivity index (χ1v) is 12.2. The molecule has 1 fully saturated rings. The van der Waals surface area contributed by atoms with Crippen molar-refractivity contribution in [3.05, 3.63) is 83.8 Å². The zero-order chi connectivity index (χ0) is 22.8. The van der Waals surface area contributed by atoms with E-state index in [4.69, 9.17) is 11.6 Å². The summed E-state index contributed by atoms with van der Waals surface area (Å²) in [7, 11) is -1.47. The molecule has 1 atom stereocenters.